The number of carbonyl (C=O) groups is 2. The molecule has 3 atom stereocenters. The first kappa shape index (κ1) is 16.2. The van der Waals surface area contributed by atoms with Crippen molar-refractivity contribution in [1.29, 1.82) is 0 Å². The molecule has 0 aromatic rings. The quantitative estimate of drug-likeness (QED) is 0.761. The molecule has 3 unspecified atom stereocenters. The van der Waals surface area contributed by atoms with Crippen LogP contribution >= 0.6 is 0 Å². The molecule has 0 aromatic carbocycles. The van der Waals surface area contributed by atoms with Crippen molar-refractivity contribution in [1.82, 2.24) is 9.62 Å². The summed E-state index contributed by atoms with van der Waals surface area (Å²) >= 11 is 0. The highest BCUT2D eigenvalue weighted by Gasteiger charge is 2.49. The third kappa shape index (κ3) is 2.78. The molecule has 1 heterocycles. The first-order valence-electron chi connectivity index (χ1n) is 7.16. The van der Waals surface area contributed by atoms with Gasteiger partial charge in [-0.05, 0) is 26.2 Å². The molecular formula is C13H22N2O5S. The Morgan fingerprint density at radius 2 is 2.00 bits per heavy atom. The number of rotatable bonds is 4. The van der Waals surface area contributed by atoms with Gasteiger partial charge in [-0.25, -0.2) is 12.7 Å². The van der Waals surface area contributed by atoms with Crippen LogP contribution in [0.4, 0.5) is 0 Å². The summed E-state index contributed by atoms with van der Waals surface area (Å²) < 4.78 is 26.7. The first-order valence-corrected chi connectivity index (χ1v) is 8.66. The second-order valence-electron chi connectivity index (χ2n) is 6.18. The summed E-state index contributed by atoms with van der Waals surface area (Å²) in [6.07, 6.45) is 1.85. The van der Waals surface area contributed by atoms with Gasteiger partial charge in [-0.2, -0.15) is 0 Å². The van der Waals surface area contributed by atoms with E-state index in [1.807, 2.05) is 0 Å². The smallest absolute Gasteiger partial charge is 0.307 e. The van der Waals surface area contributed by atoms with Crippen molar-refractivity contribution in [3.05, 3.63) is 0 Å². The third-order valence-electron chi connectivity index (χ3n) is 4.73. The average molecular weight is 318 g/mol. The fourth-order valence-electron chi connectivity index (χ4n) is 3.38. The minimum atomic E-state index is -3.67. The van der Waals surface area contributed by atoms with Gasteiger partial charge in [0.25, 0.3) is 0 Å². The predicted molar refractivity (Wildman–Crippen MR) is 76.0 cm³/mol. The molecule has 1 amide bonds. The standard InChI is InChI=1S/C13H22N2O5S/c1-13(12(18)14-2)6-7-15(8-13)21(19,20)10-5-3-4-9(10)11(16)17/h9-10H,3-8H2,1-2H3,(H,14,18)(H,16,17). The van der Waals surface area contributed by atoms with Crippen molar-refractivity contribution >= 4 is 21.9 Å². The summed E-state index contributed by atoms with van der Waals surface area (Å²) in [5.41, 5.74) is -0.737. The maximum atomic E-state index is 12.7. The molecule has 1 aliphatic carbocycles. The molecule has 7 nitrogen and oxygen atoms in total. The zero-order valence-corrected chi connectivity index (χ0v) is 13.1. The van der Waals surface area contributed by atoms with Crippen molar-refractivity contribution in [2.75, 3.05) is 20.1 Å². The SMILES string of the molecule is CNC(=O)C1(C)CCN(S(=O)(=O)C2CCCC2C(=O)O)C1. The molecule has 21 heavy (non-hydrogen) atoms. The van der Waals surface area contributed by atoms with Crippen molar-refractivity contribution in [2.24, 2.45) is 11.3 Å². The van der Waals surface area contributed by atoms with E-state index >= 15 is 0 Å². The number of hydrogen-bond donors (Lipinski definition) is 2. The highest BCUT2D eigenvalue weighted by molar-refractivity contribution is 7.89. The molecule has 2 fully saturated rings. The molecule has 1 saturated carbocycles. The summed E-state index contributed by atoms with van der Waals surface area (Å²) in [5.74, 6) is -2.06. The molecule has 0 bridgehead atoms. The van der Waals surface area contributed by atoms with Gasteiger partial charge in [-0.15, -0.1) is 0 Å². The monoisotopic (exact) mass is 318 g/mol. The van der Waals surface area contributed by atoms with E-state index in [1.54, 1.807) is 6.92 Å². The van der Waals surface area contributed by atoms with E-state index in [0.29, 0.717) is 25.7 Å². The van der Waals surface area contributed by atoms with E-state index < -0.39 is 32.6 Å². The number of sulfonamides is 1. The van der Waals surface area contributed by atoms with Crippen LogP contribution in [0.2, 0.25) is 0 Å². The number of aliphatic carboxylic acids is 1. The maximum Gasteiger partial charge on any atom is 0.307 e. The largest absolute Gasteiger partial charge is 0.481 e. The van der Waals surface area contributed by atoms with E-state index in [1.165, 1.54) is 11.4 Å². The topological polar surface area (TPSA) is 104 Å². The number of nitrogens with zero attached hydrogens (tertiary/aromatic N) is 1. The zero-order chi connectivity index (χ0) is 15.8. The van der Waals surface area contributed by atoms with Crippen LogP contribution in [0.1, 0.15) is 32.6 Å². The van der Waals surface area contributed by atoms with Gasteiger partial charge >= 0.3 is 5.97 Å². The van der Waals surface area contributed by atoms with Gasteiger partial charge in [-0.1, -0.05) is 6.42 Å². The normalized spacial score (nSPS) is 34.0. The van der Waals surface area contributed by atoms with E-state index in [2.05, 4.69) is 5.32 Å². The third-order valence-corrected chi connectivity index (χ3v) is 7.09. The summed E-state index contributed by atoms with van der Waals surface area (Å²) in [4.78, 5) is 23.1. The Labute approximate surface area is 124 Å². The van der Waals surface area contributed by atoms with Crippen molar-refractivity contribution in [3.63, 3.8) is 0 Å². The fraction of sp³-hybridized carbons (Fsp3) is 0.846. The summed E-state index contributed by atoms with van der Waals surface area (Å²) in [5, 5.41) is 10.9. The molecule has 8 heteroatoms. The Hall–Kier alpha value is -1.15. The van der Waals surface area contributed by atoms with Crippen LogP contribution in [-0.4, -0.2) is 55.1 Å². The predicted octanol–water partition coefficient (Wildman–Crippen LogP) is 0.0275. The van der Waals surface area contributed by atoms with E-state index in [9.17, 15) is 23.1 Å². The molecular weight excluding hydrogens is 296 g/mol. The molecule has 0 radical (unpaired) electrons. The van der Waals surface area contributed by atoms with Gasteiger partial charge in [0.05, 0.1) is 16.6 Å². The van der Waals surface area contributed by atoms with Crippen LogP contribution in [0, 0.1) is 11.3 Å². The minimum Gasteiger partial charge on any atom is -0.481 e. The number of hydrogen-bond acceptors (Lipinski definition) is 4. The highest BCUT2D eigenvalue weighted by atomic mass is 32.2. The van der Waals surface area contributed by atoms with Gasteiger partial charge < -0.3 is 10.4 Å². The number of carboxylic acids is 1. The van der Waals surface area contributed by atoms with Gasteiger partial charge in [0.15, 0.2) is 0 Å². The van der Waals surface area contributed by atoms with Crippen molar-refractivity contribution in [3.8, 4) is 0 Å². The van der Waals surface area contributed by atoms with Crippen LogP contribution in [0.25, 0.3) is 0 Å². The molecule has 2 rings (SSSR count). The molecule has 2 N–H and O–H groups in total. The lowest BCUT2D eigenvalue weighted by atomic mass is 9.89. The number of nitrogens with one attached hydrogen (secondary N) is 1. The number of carboxylic acid groups (broad SMARTS) is 1. The average Bonchev–Trinajstić information content (AvgIpc) is 3.05. The van der Waals surface area contributed by atoms with Crippen LogP contribution < -0.4 is 5.32 Å². The first-order chi connectivity index (χ1) is 9.72. The van der Waals surface area contributed by atoms with Crippen molar-refractivity contribution in [2.45, 2.75) is 37.9 Å². The second-order valence-corrected chi connectivity index (χ2v) is 8.33. The fourth-order valence-corrected chi connectivity index (χ4v) is 5.71. The number of carbonyl (C=O) groups excluding carboxylic acids is 1. The van der Waals surface area contributed by atoms with Gasteiger partial charge in [0.2, 0.25) is 15.9 Å². The molecule has 120 valence electrons. The lowest BCUT2D eigenvalue weighted by Gasteiger charge is -2.26. The minimum absolute atomic E-state index is 0.123. The maximum absolute atomic E-state index is 12.7. The Morgan fingerprint density at radius 1 is 1.33 bits per heavy atom. The molecule has 0 aromatic heterocycles. The Bertz CT molecular complexity index is 547. The van der Waals surface area contributed by atoms with Crippen LogP contribution in [0.5, 0.6) is 0 Å². The van der Waals surface area contributed by atoms with Gasteiger partial charge in [-0.3, -0.25) is 9.59 Å². The number of amides is 1. The molecule has 1 saturated heterocycles. The summed E-state index contributed by atoms with van der Waals surface area (Å²) in [7, 11) is -2.14. The molecule has 2 aliphatic rings. The van der Waals surface area contributed by atoms with E-state index in [-0.39, 0.29) is 19.0 Å². The Kier molecular flexibility index (Phi) is 4.30. The summed E-state index contributed by atoms with van der Waals surface area (Å²) in [6.45, 7) is 2.14. The second kappa shape index (κ2) is 5.57. The Morgan fingerprint density at radius 3 is 2.57 bits per heavy atom. The summed E-state index contributed by atoms with van der Waals surface area (Å²) in [6, 6.07) is 0. The zero-order valence-electron chi connectivity index (χ0n) is 12.3. The van der Waals surface area contributed by atoms with Crippen LogP contribution in [0.3, 0.4) is 0 Å². The van der Waals surface area contributed by atoms with Gasteiger partial charge in [0, 0.05) is 20.1 Å². The Balaban J connectivity index is 2.18. The van der Waals surface area contributed by atoms with Crippen LogP contribution in [0.15, 0.2) is 0 Å². The lowest BCUT2D eigenvalue weighted by molar-refractivity contribution is -0.141. The van der Waals surface area contributed by atoms with Crippen LogP contribution in [-0.2, 0) is 19.6 Å². The van der Waals surface area contributed by atoms with Crippen molar-refractivity contribution < 1.29 is 23.1 Å². The van der Waals surface area contributed by atoms with E-state index in [4.69, 9.17) is 0 Å². The molecule has 0 spiro atoms. The van der Waals surface area contributed by atoms with E-state index in [0.717, 1.165) is 0 Å². The lowest BCUT2D eigenvalue weighted by Crippen LogP contribution is -2.44. The highest BCUT2D eigenvalue weighted by Crippen LogP contribution is 2.38. The molecule has 1 aliphatic heterocycles. The van der Waals surface area contributed by atoms with Gasteiger partial charge in [0.1, 0.15) is 0 Å².